The topological polar surface area (TPSA) is 13.1 Å². The molecule has 0 saturated carbocycles. The van der Waals surface area contributed by atoms with E-state index in [1.54, 1.807) is 6.26 Å². The first kappa shape index (κ1) is 12.7. The Morgan fingerprint density at radius 1 is 1.18 bits per heavy atom. The molecule has 1 nitrogen and oxygen atoms in total. The molecular weight excluding hydrogens is 300 g/mol. The Bertz CT molecular complexity index is 453. The Kier molecular flexibility index (Phi) is 4.69. The first-order chi connectivity index (χ1) is 8.29. The number of halogens is 2. The van der Waals surface area contributed by atoms with E-state index in [1.807, 2.05) is 30.5 Å². The van der Waals surface area contributed by atoms with E-state index < -0.39 is 0 Å². The van der Waals surface area contributed by atoms with Crippen molar-refractivity contribution in [3.05, 3.63) is 59.0 Å². The second-order valence-electron chi connectivity index (χ2n) is 4.15. The van der Waals surface area contributed by atoms with Crippen molar-refractivity contribution in [3.63, 3.8) is 0 Å². The SMILES string of the molecule is Clc1ccccc1CC(CBr)Cc1ccoc1. The summed E-state index contributed by atoms with van der Waals surface area (Å²) >= 11 is 9.74. The number of rotatable bonds is 5. The highest BCUT2D eigenvalue weighted by Crippen LogP contribution is 2.22. The van der Waals surface area contributed by atoms with Gasteiger partial charge in [0.15, 0.2) is 0 Å². The zero-order valence-corrected chi connectivity index (χ0v) is 11.7. The summed E-state index contributed by atoms with van der Waals surface area (Å²) in [5, 5.41) is 1.81. The van der Waals surface area contributed by atoms with Gasteiger partial charge in [-0.1, -0.05) is 45.7 Å². The Balaban J connectivity index is 2.03. The second kappa shape index (κ2) is 6.27. The predicted molar refractivity (Wildman–Crippen MR) is 74.9 cm³/mol. The fraction of sp³-hybridized carbons (Fsp3) is 0.286. The standard InChI is InChI=1S/C14H14BrClO/c15-9-12(7-11-5-6-17-10-11)8-13-3-1-2-4-14(13)16/h1-6,10,12H,7-9H2. The van der Waals surface area contributed by atoms with E-state index in [1.165, 1.54) is 11.1 Å². The molecule has 2 aromatic rings. The van der Waals surface area contributed by atoms with Crippen molar-refractivity contribution in [1.29, 1.82) is 0 Å². The molecule has 1 aromatic carbocycles. The van der Waals surface area contributed by atoms with Crippen LogP contribution in [0, 0.1) is 5.92 Å². The van der Waals surface area contributed by atoms with Gasteiger partial charge in [-0.2, -0.15) is 0 Å². The van der Waals surface area contributed by atoms with Crippen LogP contribution in [0.2, 0.25) is 5.02 Å². The summed E-state index contributed by atoms with van der Waals surface area (Å²) in [5.74, 6) is 0.535. The Hall–Kier alpha value is -0.730. The van der Waals surface area contributed by atoms with E-state index in [0.717, 1.165) is 23.2 Å². The van der Waals surface area contributed by atoms with E-state index in [0.29, 0.717) is 5.92 Å². The van der Waals surface area contributed by atoms with E-state index in [-0.39, 0.29) is 0 Å². The van der Waals surface area contributed by atoms with Gasteiger partial charge >= 0.3 is 0 Å². The van der Waals surface area contributed by atoms with Crippen LogP contribution in [0.4, 0.5) is 0 Å². The molecule has 0 fully saturated rings. The number of furan rings is 1. The zero-order valence-electron chi connectivity index (χ0n) is 9.40. The summed E-state index contributed by atoms with van der Waals surface area (Å²) < 4.78 is 5.09. The zero-order chi connectivity index (χ0) is 12.1. The summed E-state index contributed by atoms with van der Waals surface area (Å²) in [5.41, 5.74) is 2.45. The minimum Gasteiger partial charge on any atom is -0.472 e. The molecule has 0 amide bonds. The quantitative estimate of drug-likeness (QED) is 0.727. The molecule has 90 valence electrons. The van der Waals surface area contributed by atoms with E-state index in [2.05, 4.69) is 22.0 Å². The van der Waals surface area contributed by atoms with Gasteiger partial charge in [0.1, 0.15) is 0 Å². The van der Waals surface area contributed by atoms with Crippen LogP contribution in [0.3, 0.4) is 0 Å². The average Bonchev–Trinajstić information content (AvgIpc) is 2.84. The van der Waals surface area contributed by atoms with E-state index in [4.69, 9.17) is 16.0 Å². The fourth-order valence-electron chi connectivity index (χ4n) is 1.90. The molecule has 0 aliphatic rings. The van der Waals surface area contributed by atoms with E-state index >= 15 is 0 Å². The summed E-state index contributed by atoms with van der Waals surface area (Å²) in [6.45, 7) is 0. The van der Waals surface area contributed by atoms with Gasteiger partial charge < -0.3 is 4.42 Å². The lowest BCUT2D eigenvalue weighted by atomic mass is 9.95. The van der Waals surface area contributed by atoms with Crippen molar-refractivity contribution in [2.24, 2.45) is 5.92 Å². The van der Waals surface area contributed by atoms with Gasteiger partial charge in [-0.15, -0.1) is 0 Å². The third-order valence-electron chi connectivity index (χ3n) is 2.79. The molecule has 1 aromatic heterocycles. The van der Waals surface area contributed by atoms with Crippen molar-refractivity contribution < 1.29 is 4.42 Å². The normalized spacial score (nSPS) is 12.6. The highest BCUT2D eigenvalue weighted by Gasteiger charge is 2.11. The van der Waals surface area contributed by atoms with Crippen LogP contribution in [0.25, 0.3) is 0 Å². The monoisotopic (exact) mass is 312 g/mol. The maximum atomic E-state index is 6.17. The molecule has 0 N–H and O–H groups in total. The Labute approximate surface area is 115 Å². The highest BCUT2D eigenvalue weighted by molar-refractivity contribution is 9.09. The lowest BCUT2D eigenvalue weighted by Crippen LogP contribution is -2.09. The molecule has 0 spiro atoms. The van der Waals surface area contributed by atoms with Gasteiger partial charge in [0, 0.05) is 10.4 Å². The van der Waals surface area contributed by atoms with Crippen LogP contribution < -0.4 is 0 Å². The predicted octanol–water partition coefficient (Wildman–Crippen LogP) is 4.73. The number of benzene rings is 1. The van der Waals surface area contributed by atoms with Crippen LogP contribution in [0.15, 0.2) is 47.3 Å². The van der Waals surface area contributed by atoms with Crippen molar-refractivity contribution in [1.82, 2.24) is 0 Å². The van der Waals surface area contributed by atoms with Crippen molar-refractivity contribution in [2.45, 2.75) is 12.8 Å². The highest BCUT2D eigenvalue weighted by atomic mass is 79.9. The lowest BCUT2D eigenvalue weighted by Gasteiger charge is -2.13. The number of hydrogen-bond acceptors (Lipinski definition) is 1. The van der Waals surface area contributed by atoms with Gasteiger partial charge in [0.05, 0.1) is 12.5 Å². The third kappa shape index (κ3) is 3.62. The number of alkyl halides is 1. The second-order valence-corrected chi connectivity index (χ2v) is 5.21. The van der Waals surface area contributed by atoms with Crippen LogP contribution in [0.1, 0.15) is 11.1 Å². The fourth-order valence-corrected chi connectivity index (χ4v) is 2.57. The molecule has 0 aliphatic heterocycles. The van der Waals surface area contributed by atoms with Crippen LogP contribution in [-0.2, 0) is 12.8 Å². The number of hydrogen-bond donors (Lipinski definition) is 0. The summed E-state index contributed by atoms with van der Waals surface area (Å²) in [6.07, 6.45) is 5.52. The van der Waals surface area contributed by atoms with Crippen LogP contribution in [-0.4, -0.2) is 5.33 Å². The molecule has 0 saturated heterocycles. The van der Waals surface area contributed by atoms with Gasteiger partial charge in [-0.05, 0) is 42.0 Å². The molecule has 3 heteroatoms. The first-order valence-corrected chi connectivity index (χ1v) is 7.10. The maximum Gasteiger partial charge on any atom is 0.0934 e. The van der Waals surface area contributed by atoms with Gasteiger partial charge in [0.25, 0.3) is 0 Å². The molecular formula is C14H14BrClO. The van der Waals surface area contributed by atoms with Gasteiger partial charge in [0.2, 0.25) is 0 Å². The molecule has 0 aliphatic carbocycles. The minimum absolute atomic E-state index is 0.535. The molecule has 1 unspecified atom stereocenters. The molecule has 0 bridgehead atoms. The lowest BCUT2D eigenvalue weighted by molar-refractivity contribution is 0.550. The van der Waals surface area contributed by atoms with Crippen LogP contribution >= 0.6 is 27.5 Å². The smallest absolute Gasteiger partial charge is 0.0934 e. The molecule has 1 heterocycles. The maximum absolute atomic E-state index is 6.17. The average molecular weight is 314 g/mol. The van der Waals surface area contributed by atoms with Crippen molar-refractivity contribution >= 4 is 27.5 Å². The Morgan fingerprint density at radius 2 is 2.00 bits per heavy atom. The third-order valence-corrected chi connectivity index (χ3v) is 4.07. The van der Waals surface area contributed by atoms with Gasteiger partial charge in [-0.25, -0.2) is 0 Å². The molecule has 2 rings (SSSR count). The Morgan fingerprint density at radius 3 is 2.65 bits per heavy atom. The summed E-state index contributed by atoms with van der Waals surface area (Å²) in [6, 6.07) is 10.0. The summed E-state index contributed by atoms with van der Waals surface area (Å²) in [7, 11) is 0. The largest absolute Gasteiger partial charge is 0.472 e. The summed E-state index contributed by atoms with van der Waals surface area (Å²) in [4.78, 5) is 0. The molecule has 1 atom stereocenters. The first-order valence-electron chi connectivity index (χ1n) is 5.60. The van der Waals surface area contributed by atoms with Gasteiger partial charge in [-0.3, -0.25) is 0 Å². The minimum atomic E-state index is 0.535. The van der Waals surface area contributed by atoms with Crippen molar-refractivity contribution in [2.75, 3.05) is 5.33 Å². The van der Waals surface area contributed by atoms with Crippen molar-refractivity contribution in [3.8, 4) is 0 Å². The molecule has 0 radical (unpaired) electrons. The molecule has 17 heavy (non-hydrogen) atoms. The van der Waals surface area contributed by atoms with Crippen LogP contribution in [0.5, 0.6) is 0 Å². The van der Waals surface area contributed by atoms with E-state index in [9.17, 15) is 0 Å².